The lowest BCUT2D eigenvalue weighted by atomic mass is 9.96. The van der Waals surface area contributed by atoms with Crippen molar-refractivity contribution in [2.45, 2.75) is 38.5 Å². The van der Waals surface area contributed by atoms with Crippen LogP contribution in [-0.2, 0) is 0 Å². The fourth-order valence-corrected chi connectivity index (χ4v) is 3.32. The smallest absolute Gasteiger partial charge is 0.130 e. The SMILES string of the molecule is CC(CCN1CCCCC1)c1ccccc1Oc1ccc(F)cc1. The fourth-order valence-electron chi connectivity index (χ4n) is 3.32. The van der Waals surface area contributed by atoms with Crippen LogP contribution in [0.25, 0.3) is 0 Å². The van der Waals surface area contributed by atoms with Gasteiger partial charge in [-0.05, 0) is 80.7 Å². The Morgan fingerprint density at radius 1 is 1.00 bits per heavy atom. The average molecular weight is 327 g/mol. The third kappa shape index (κ3) is 4.57. The number of piperidine rings is 1. The van der Waals surface area contributed by atoms with Crippen LogP contribution in [0.1, 0.15) is 44.1 Å². The summed E-state index contributed by atoms with van der Waals surface area (Å²) in [6.45, 7) is 5.88. The summed E-state index contributed by atoms with van der Waals surface area (Å²) in [5, 5.41) is 0. The average Bonchev–Trinajstić information content (AvgIpc) is 2.63. The Morgan fingerprint density at radius 3 is 2.46 bits per heavy atom. The Bertz CT molecular complexity index is 635. The number of hydrogen-bond acceptors (Lipinski definition) is 2. The van der Waals surface area contributed by atoms with E-state index in [1.54, 1.807) is 12.1 Å². The van der Waals surface area contributed by atoms with Gasteiger partial charge in [0.25, 0.3) is 0 Å². The van der Waals surface area contributed by atoms with Crippen LogP contribution in [0.3, 0.4) is 0 Å². The van der Waals surface area contributed by atoms with Gasteiger partial charge < -0.3 is 9.64 Å². The number of likely N-dealkylation sites (tertiary alicyclic amines) is 1. The molecule has 128 valence electrons. The monoisotopic (exact) mass is 327 g/mol. The number of para-hydroxylation sites is 1. The predicted molar refractivity (Wildman–Crippen MR) is 96.2 cm³/mol. The van der Waals surface area contributed by atoms with Crippen LogP contribution in [0.5, 0.6) is 11.5 Å². The van der Waals surface area contributed by atoms with Gasteiger partial charge in [0.1, 0.15) is 17.3 Å². The van der Waals surface area contributed by atoms with Crippen LogP contribution in [0.4, 0.5) is 4.39 Å². The highest BCUT2D eigenvalue weighted by molar-refractivity contribution is 5.39. The van der Waals surface area contributed by atoms with Crippen LogP contribution >= 0.6 is 0 Å². The first kappa shape index (κ1) is 17.0. The fraction of sp³-hybridized carbons (Fsp3) is 0.429. The van der Waals surface area contributed by atoms with Crippen molar-refractivity contribution in [3.63, 3.8) is 0 Å². The standard InChI is InChI=1S/C21H26FNO/c1-17(13-16-23-14-5-2-6-15-23)20-7-3-4-8-21(20)24-19-11-9-18(22)10-12-19/h3-4,7-12,17H,2,5-6,13-16H2,1H3. The molecule has 2 nitrogen and oxygen atoms in total. The second kappa shape index (κ2) is 8.29. The first-order valence-electron chi connectivity index (χ1n) is 8.97. The van der Waals surface area contributed by atoms with Crippen LogP contribution in [0.15, 0.2) is 48.5 Å². The van der Waals surface area contributed by atoms with Crippen molar-refractivity contribution in [1.29, 1.82) is 0 Å². The Kier molecular flexibility index (Phi) is 5.86. The van der Waals surface area contributed by atoms with E-state index in [1.807, 2.05) is 12.1 Å². The van der Waals surface area contributed by atoms with E-state index >= 15 is 0 Å². The van der Waals surface area contributed by atoms with Gasteiger partial charge in [-0.2, -0.15) is 0 Å². The quantitative estimate of drug-likeness (QED) is 0.685. The molecule has 1 aliphatic heterocycles. The Morgan fingerprint density at radius 2 is 1.71 bits per heavy atom. The normalized spacial score (nSPS) is 16.8. The number of benzene rings is 2. The van der Waals surface area contributed by atoms with Gasteiger partial charge in [0, 0.05) is 0 Å². The third-order valence-corrected chi connectivity index (χ3v) is 4.82. The first-order valence-corrected chi connectivity index (χ1v) is 8.97. The molecule has 0 spiro atoms. The van der Waals surface area contributed by atoms with E-state index in [2.05, 4.69) is 24.0 Å². The van der Waals surface area contributed by atoms with Gasteiger partial charge >= 0.3 is 0 Å². The Labute approximate surface area is 144 Å². The van der Waals surface area contributed by atoms with E-state index in [4.69, 9.17) is 4.74 Å². The topological polar surface area (TPSA) is 12.5 Å². The lowest BCUT2D eigenvalue weighted by Gasteiger charge is -2.27. The zero-order valence-electron chi connectivity index (χ0n) is 14.4. The first-order chi connectivity index (χ1) is 11.7. The van der Waals surface area contributed by atoms with Crippen LogP contribution in [0.2, 0.25) is 0 Å². The highest BCUT2D eigenvalue weighted by atomic mass is 19.1. The largest absolute Gasteiger partial charge is 0.457 e. The molecule has 0 saturated carbocycles. The molecule has 0 radical (unpaired) electrons. The molecule has 0 bridgehead atoms. The van der Waals surface area contributed by atoms with E-state index in [1.165, 1.54) is 50.0 Å². The minimum absolute atomic E-state index is 0.245. The van der Waals surface area contributed by atoms with Crippen molar-refractivity contribution in [3.8, 4) is 11.5 Å². The minimum atomic E-state index is -0.245. The Balaban J connectivity index is 1.65. The summed E-state index contributed by atoms with van der Waals surface area (Å²) >= 11 is 0. The van der Waals surface area contributed by atoms with Gasteiger partial charge in [-0.1, -0.05) is 31.5 Å². The highest BCUT2D eigenvalue weighted by Crippen LogP contribution is 2.32. The molecule has 1 heterocycles. The van der Waals surface area contributed by atoms with Crippen molar-refractivity contribution in [2.75, 3.05) is 19.6 Å². The summed E-state index contributed by atoms with van der Waals surface area (Å²) < 4.78 is 19.0. The molecule has 1 saturated heterocycles. The van der Waals surface area contributed by atoms with E-state index in [0.29, 0.717) is 11.7 Å². The highest BCUT2D eigenvalue weighted by Gasteiger charge is 2.15. The summed E-state index contributed by atoms with van der Waals surface area (Å²) in [5.74, 6) is 1.73. The molecule has 2 aromatic rings. The summed E-state index contributed by atoms with van der Waals surface area (Å²) in [7, 11) is 0. The van der Waals surface area contributed by atoms with Crippen molar-refractivity contribution in [1.82, 2.24) is 4.90 Å². The lowest BCUT2D eigenvalue weighted by Crippen LogP contribution is -2.31. The molecule has 24 heavy (non-hydrogen) atoms. The zero-order chi connectivity index (χ0) is 16.8. The summed E-state index contributed by atoms with van der Waals surface area (Å²) in [4.78, 5) is 2.57. The van der Waals surface area contributed by atoms with E-state index in [9.17, 15) is 4.39 Å². The van der Waals surface area contributed by atoms with Gasteiger partial charge in [0.05, 0.1) is 0 Å². The number of rotatable bonds is 6. The molecule has 3 heteroatoms. The number of nitrogens with zero attached hydrogens (tertiary/aromatic N) is 1. The van der Waals surface area contributed by atoms with Crippen molar-refractivity contribution >= 4 is 0 Å². The molecule has 1 fully saturated rings. The molecule has 0 aliphatic carbocycles. The number of ether oxygens (including phenoxy) is 1. The maximum Gasteiger partial charge on any atom is 0.130 e. The molecule has 1 atom stereocenters. The molecule has 1 unspecified atom stereocenters. The van der Waals surface area contributed by atoms with Crippen LogP contribution in [0, 0.1) is 5.82 Å². The van der Waals surface area contributed by atoms with Gasteiger partial charge in [-0.25, -0.2) is 4.39 Å². The van der Waals surface area contributed by atoms with Crippen molar-refractivity contribution in [2.24, 2.45) is 0 Å². The molecule has 1 aliphatic rings. The predicted octanol–water partition coefficient (Wildman–Crippen LogP) is 5.60. The molecular weight excluding hydrogens is 301 g/mol. The zero-order valence-corrected chi connectivity index (χ0v) is 14.4. The van der Waals surface area contributed by atoms with E-state index in [0.717, 1.165) is 18.7 Å². The lowest BCUT2D eigenvalue weighted by molar-refractivity contribution is 0.222. The van der Waals surface area contributed by atoms with Crippen molar-refractivity contribution < 1.29 is 9.13 Å². The van der Waals surface area contributed by atoms with Gasteiger partial charge in [0.2, 0.25) is 0 Å². The molecule has 0 amide bonds. The molecule has 0 aromatic heterocycles. The number of hydrogen-bond donors (Lipinski definition) is 0. The van der Waals surface area contributed by atoms with E-state index in [-0.39, 0.29) is 5.82 Å². The van der Waals surface area contributed by atoms with E-state index < -0.39 is 0 Å². The van der Waals surface area contributed by atoms with Gasteiger partial charge in [0.15, 0.2) is 0 Å². The molecule has 3 rings (SSSR count). The van der Waals surface area contributed by atoms with Crippen LogP contribution in [-0.4, -0.2) is 24.5 Å². The van der Waals surface area contributed by atoms with Crippen LogP contribution < -0.4 is 4.74 Å². The number of halogens is 1. The summed E-state index contributed by atoms with van der Waals surface area (Å²) in [6, 6.07) is 14.4. The Hall–Kier alpha value is -1.87. The molecule has 2 aromatic carbocycles. The summed E-state index contributed by atoms with van der Waals surface area (Å²) in [6.07, 6.45) is 5.17. The van der Waals surface area contributed by atoms with Gasteiger partial charge in [-0.15, -0.1) is 0 Å². The second-order valence-electron chi connectivity index (χ2n) is 6.69. The summed E-state index contributed by atoms with van der Waals surface area (Å²) in [5.41, 5.74) is 1.22. The third-order valence-electron chi connectivity index (χ3n) is 4.82. The van der Waals surface area contributed by atoms with Crippen molar-refractivity contribution in [3.05, 3.63) is 59.9 Å². The molecule has 0 N–H and O–H groups in total. The molecular formula is C21H26FNO. The maximum atomic E-state index is 13.0. The van der Waals surface area contributed by atoms with Gasteiger partial charge in [-0.3, -0.25) is 0 Å². The maximum absolute atomic E-state index is 13.0. The second-order valence-corrected chi connectivity index (χ2v) is 6.69. The minimum Gasteiger partial charge on any atom is -0.457 e.